The van der Waals surface area contributed by atoms with Crippen LogP contribution in [0.25, 0.3) is 0 Å². The Labute approximate surface area is 146 Å². The van der Waals surface area contributed by atoms with Gasteiger partial charge in [-0.2, -0.15) is 0 Å². The molecule has 24 heavy (non-hydrogen) atoms. The van der Waals surface area contributed by atoms with Gasteiger partial charge in [-0.3, -0.25) is 0 Å². The molecule has 0 aliphatic rings. The van der Waals surface area contributed by atoms with Crippen LogP contribution in [0, 0.1) is 5.92 Å². The monoisotopic (exact) mass is 326 g/mol. The molecule has 3 nitrogen and oxygen atoms in total. The van der Waals surface area contributed by atoms with Crippen LogP contribution in [0.5, 0.6) is 5.75 Å². The van der Waals surface area contributed by atoms with Crippen molar-refractivity contribution < 1.29 is 4.74 Å². The molecule has 0 heterocycles. The molecule has 0 aliphatic carbocycles. The van der Waals surface area contributed by atoms with Crippen LogP contribution in [-0.2, 0) is 0 Å². The van der Waals surface area contributed by atoms with Crippen molar-refractivity contribution in [3.8, 4) is 5.75 Å². The molecule has 2 aromatic carbocycles. The Balaban J connectivity index is 1.76. The van der Waals surface area contributed by atoms with Crippen LogP contribution in [0.3, 0.4) is 0 Å². The molecule has 0 amide bonds. The van der Waals surface area contributed by atoms with Crippen LogP contribution in [0.2, 0.25) is 0 Å². The predicted molar refractivity (Wildman–Crippen MR) is 103 cm³/mol. The Bertz CT molecular complexity index is 583. The van der Waals surface area contributed by atoms with Gasteiger partial charge in [-0.25, -0.2) is 0 Å². The van der Waals surface area contributed by atoms with Crippen molar-refractivity contribution in [3.63, 3.8) is 0 Å². The summed E-state index contributed by atoms with van der Waals surface area (Å²) >= 11 is 0. The van der Waals surface area contributed by atoms with E-state index < -0.39 is 0 Å². The fourth-order valence-corrected chi connectivity index (χ4v) is 2.60. The Morgan fingerprint density at radius 1 is 0.958 bits per heavy atom. The third-order valence-corrected chi connectivity index (χ3v) is 3.87. The molecule has 2 N–H and O–H groups in total. The van der Waals surface area contributed by atoms with E-state index in [0.717, 1.165) is 37.6 Å². The lowest BCUT2D eigenvalue weighted by Crippen LogP contribution is -2.26. The molecule has 0 aromatic heterocycles. The van der Waals surface area contributed by atoms with Crippen molar-refractivity contribution in [2.75, 3.05) is 25.0 Å². The largest absolute Gasteiger partial charge is 0.493 e. The maximum absolute atomic E-state index is 5.77. The van der Waals surface area contributed by atoms with Gasteiger partial charge in [0.2, 0.25) is 0 Å². The molecule has 0 saturated carbocycles. The van der Waals surface area contributed by atoms with Gasteiger partial charge >= 0.3 is 0 Å². The maximum atomic E-state index is 5.77. The van der Waals surface area contributed by atoms with E-state index >= 15 is 0 Å². The lowest BCUT2D eigenvalue weighted by Gasteiger charge is -2.18. The lowest BCUT2D eigenvalue weighted by molar-refractivity contribution is 0.271. The number of rotatable bonds is 10. The van der Waals surface area contributed by atoms with E-state index in [1.807, 2.05) is 12.1 Å². The van der Waals surface area contributed by atoms with Crippen molar-refractivity contribution in [1.29, 1.82) is 0 Å². The molecule has 0 spiro atoms. The molecule has 130 valence electrons. The third kappa shape index (κ3) is 6.25. The van der Waals surface area contributed by atoms with Gasteiger partial charge in [-0.15, -0.1) is 0 Å². The first-order valence-corrected chi connectivity index (χ1v) is 8.94. The summed E-state index contributed by atoms with van der Waals surface area (Å²) in [5.41, 5.74) is 2.45. The highest BCUT2D eigenvalue weighted by molar-refractivity contribution is 5.48. The van der Waals surface area contributed by atoms with E-state index in [1.165, 1.54) is 5.56 Å². The van der Waals surface area contributed by atoms with Gasteiger partial charge in [-0.1, -0.05) is 57.2 Å². The number of hydrogen-bond acceptors (Lipinski definition) is 3. The summed E-state index contributed by atoms with van der Waals surface area (Å²) in [7, 11) is 0. The fourth-order valence-electron chi connectivity index (χ4n) is 2.60. The Morgan fingerprint density at radius 3 is 2.46 bits per heavy atom. The van der Waals surface area contributed by atoms with E-state index in [4.69, 9.17) is 4.74 Å². The summed E-state index contributed by atoms with van der Waals surface area (Å²) in [4.78, 5) is 0. The summed E-state index contributed by atoms with van der Waals surface area (Å²) in [5, 5.41) is 7.08. The first-order chi connectivity index (χ1) is 11.7. The second kappa shape index (κ2) is 9.99. The zero-order chi connectivity index (χ0) is 17.2. The van der Waals surface area contributed by atoms with Crippen LogP contribution >= 0.6 is 0 Å². The van der Waals surface area contributed by atoms with Crippen LogP contribution in [0.15, 0.2) is 54.6 Å². The van der Waals surface area contributed by atoms with Crippen molar-refractivity contribution in [1.82, 2.24) is 5.32 Å². The average molecular weight is 326 g/mol. The fraction of sp³-hybridized carbons (Fsp3) is 0.429. The minimum absolute atomic E-state index is 0.411. The standard InChI is InChI=1S/C21H30N2O/c1-4-21(18-9-6-5-7-10-18)23-14-13-22-19-11-8-12-20(15-19)24-16-17(2)3/h5-12,15,17,21-23H,4,13-14,16H2,1-3H3. The van der Waals surface area contributed by atoms with Gasteiger partial charge in [-0.05, 0) is 30.0 Å². The third-order valence-electron chi connectivity index (χ3n) is 3.87. The highest BCUT2D eigenvalue weighted by Crippen LogP contribution is 2.18. The number of benzene rings is 2. The molecule has 0 bridgehead atoms. The smallest absolute Gasteiger partial charge is 0.121 e. The number of hydrogen-bond donors (Lipinski definition) is 2. The summed E-state index contributed by atoms with van der Waals surface area (Å²) in [6.07, 6.45) is 1.09. The van der Waals surface area contributed by atoms with Crippen molar-refractivity contribution in [2.24, 2.45) is 5.92 Å². The van der Waals surface area contributed by atoms with E-state index in [9.17, 15) is 0 Å². The lowest BCUT2D eigenvalue weighted by atomic mass is 10.0. The van der Waals surface area contributed by atoms with Crippen molar-refractivity contribution >= 4 is 5.69 Å². The van der Waals surface area contributed by atoms with Gasteiger partial charge in [0, 0.05) is 30.9 Å². The van der Waals surface area contributed by atoms with E-state index in [0.29, 0.717) is 12.0 Å². The normalized spacial score (nSPS) is 12.2. The maximum Gasteiger partial charge on any atom is 0.121 e. The predicted octanol–water partition coefficient (Wildman–Crippen LogP) is 4.87. The second-order valence-corrected chi connectivity index (χ2v) is 6.49. The first kappa shape index (κ1) is 18.3. The van der Waals surface area contributed by atoms with Crippen LogP contribution in [0.1, 0.15) is 38.8 Å². The summed E-state index contributed by atoms with van der Waals surface area (Å²) < 4.78 is 5.77. The Morgan fingerprint density at radius 2 is 1.75 bits per heavy atom. The Kier molecular flexibility index (Phi) is 7.63. The van der Waals surface area contributed by atoms with Gasteiger partial charge in [0.25, 0.3) is 0 Å². The summed E-state index contributed by atoms with van der Waals surface area (Å²) in [6, 6.07) is 19.2. The SMILES string of the molecule is CCC(NCCNc1cccc(OCC(C)C)c1)c1ccccc1. The van der Waals surface area contributed by atoms with Gasteiger partial charge in [0.1, 0.15) is 5.75 Å². The van der Waals surface area contributed by atoms with E-state index in [2.05, 4.69) is 73.9 Å². The molecule has 0 aliphatic heterocycles. The molecule has 0 fully saturated rings. The van der Waals surface area contributed by atoms with Gasteiger partial charge < -0.3 is 15.4 Å². The van der Waals surface area contributed by atoms with Gasteiger partial charge in [0.05, 0.1) is 6.61 Å². The molecule has 3 heteroatoms. The van der Waals surface area contributed by atoms with Crippen LogP contribution < -0.4 is 15.4 Å². The molecule has 2 rings (SSSR count). The highest BCUT2D eigenvalue weighted by Gasteiger charge is 2.07. The van der Waals surface area contributed by atoms with Crippen LogP contribution in [0.4, 0.5) is 5.69 Å². The Hall–Kier alpha value is -2.00. The molecule has 2 aromatic rings. The molecular weight excluding hydrogens is 296 g/mol. The van der Waals surface area contributed by atoms with Crippen molar-refractivity contribution in [2.45, 2.75) is 33.2 Å². The molecule has 1 atom stereocenters. The van der Waals surface area contributed by atoms with Crippen LogP contribution in [-0.4, -0.2) is 19.7 Å². The number of nitrogens with one attached hydrogen (secondary N) is 2. The summed E-state index contributed by atoms with van der Waals surface area (Å²) in [5.74, 6) is 1.46. The summed E-state index contributed by atoms with van der Waals surface area (Å²) in [6.45, 7) is 9.09. The zero-order valence-corrected chi connectivity index (χ0v) is 15.1. The van der Waals surface area contributed by atoms with E-state index in [-0.39, 0.29) is 0 Å². The number of ether oxygens (including phenoxy) is 1. The minimum atomic E-state index is 0.411. The zero-order valence-electron chi connectivity index (χ0n) is 15.1. The molecule has 0 radical (unpaired) electrons. The van der Waals surface area contributed by atoms with E-state index in [1.54, 1.807) is 0 Å². The minimum Gasteiger partial charge on any atom is -0.493 e. The number of anilines is 1. The molecule has 1 unspecified atom stereocenters. The highest BCUT2D eigenvalue weighted by atomic mass is 16.5. The average Bonchev–Trinajstić information content (AvgIpc) is 2.61. The topological polar surface area (TPSA) is 33.3 Å². The quantitative estimate of drug-likeness (QED) is 0.611. The second-order valence-electron chi connectivity index (χ2n) is 6.49. The first-order valence-electron chi connectivity index (χ1n) is 8.94. The molecular formula is C21H30N2O. The van der Waals surface area contributed by atoms with Gasteiger partial charge in [0.15, 0.2) is 0 Å². The molecule has 0 saturated heterocycles. The van der Waals surface area contributed by atoms with Crippen molar-refractivity contribution in [3.05, 3.63) is 60.2 Å².